The monoisotopic (exact) mass is 411 g/mol. The standard InChI is InChI=1S/C23H26FN3O3/c24-20-11-16(3-6-21(20)27-7-9-30-10-8-27)25-23(29)22-18-13-26(14-19(18)22)12-15-1-4-17(28)5-2-15/h1-6,11,18-19,22,28H,7-10,12-14H2,(H,25,29). The van der Waals surface area contributed by atoms with Gasteiger partial charge in [-0.2, -0.15) is 0 Å². The minimum Gasteiger partial charge on any atom is -0.508 e. The zero-order chi connectivity index (χ0) is 20.7. The van der Waals surface area contributed by atoms with E-state index in [9.17, 15) is 14.3 Å². The minimum absolute atomic E-state index is 0.00666. The van der Waals surface area contributed by atoms with E-state index in [0.717, 1.165) is 25.2 Å². The van der Waals surface area contributed by atoms with Crippen molar-refractivity contribution >= 4 is 17.3 Å². The predicted molar refractivity (Wildman–Crippen MR) is 112 cm³/mol. The lowest BCUT2D eigenvalue weighted by Gasteiger charge is -2.29. The van der Waals surface area contributed by atoms with Crippen molar-refractivity contribution < 1.29 is 19.0 Å². The summed E-state index contributed by atoms with van der Waals surface area (Å²) >= 11 is 0. The van der Waals surface area contributed by atoms with Crippen molar-refractivity contribution in [3.63, 3.8) is 0 Å². The summed E-state index contributed by atoms with van der Waals surface area (Å²) in [5.41, 5.74) is 2.23. The largest absolute Gasteiger partial charge is 0.508 e. The van der Waals surface area contributed by atoms with E-state index in [4.69, 9.17) is 4.74 Å². The third kappa shape index (κ3) is 3.87. The van der Waals surface area contributed by atoms with Crippen LogP contribution in [-0.2, 0) is 16.1 Å². The van der Waals surface area contributed by atoms with Gasteiger partial charge in [-0.25, -0.2) is 4.39 Å². The van der Waals surface area contributed by atoms with Crippen LogP contribution in [-0.4, -0.2) is 55.3 Å². The molecule has 3 fully saturated rings. The molecule has 158 valence electrons. The number of carbonyl (C=O) groups excluding carboxylic acids is 1. The van der Waals surface area contributed by atoms with Crippen LogP contribution in [0.1, 0.15) is 5.56 Å². The molecular formula is C23H26FN3O3. The van der Waals surface area contributed by atoms with Crippen LogP contribution < -0.4 is 10.2 Å². The second-order valence-corrected chi connectivity index (χ2v) is 8.47. The number of ether oxygens (including phenoxy) is 1. The molecule has 0 bridgehead atoms. The lowest BCUT2D eigenvalue weighted by atomic mass is 10.2. The van der Waals surface area contributed by atoms with E-state index in [-0.39, 0.29) is 23.4 Å². The first-order valence-corrected chi connectivity index (χ1v) is 10.5. The summed E-state index contributed by atoms with van der Waals surface area (Å²) in [5, 5.41) is 12.3. The first kappa shape index (κ1) is 19.3. The van der Waals surface area contributed by atoms with Crippen molar-refractivity contribution in [2.24, 2.45) is 17.8 Å². The zero-order valence-electron chi connectivity index (χ0n) is 16.8. The Balaban J connectivity index is 1.14. The van der Waals surface area contributed by atoms with Gasteiger partial charge in [-0.1, -0.05) is 12.1 Å². The quantitative estimate of drug-likeness (QED) is 0.792. The van der Waals surface area contributed by atoms with E-state index in [1.54, 1.807) is 24.3 Å². The molecule has 1 aliphatic carbocycles. The summed E-state index contributed by atoms with van der Waals surface area (Å²) in [6, 6.07) is 12.2. The molecule has 5 rings (SSSR count). The average molecular weight is 411 g/mol. The maximum Gasteiger partial charge on any atom is 0.228 e. The van der Waals surface area contributed by atoms with Crippen LogP contribution in [0.5, 0.6) is 5.75 Å². The van der Waals surface area contributed by atoms with Gasteiger partial charge in [-0.15, -0.1) is 0 Å². The average Bonchev–Trinajstić information content (AvgIpc) is 3.26. The molecule has 2 heterocycles. The van der Waals surface area contributed by atoms with E-state index in [0.29, 0.717) is 49.5 Å². The van der Waals surface area contributed by atoms with E-state index >= 15 is 0 Å². The molecule has 1 saturated carbocycles. The number of likely N-dealkylation sites (tertiary alicyclic amines) is 1. The molecule has 3 aliphatic rings. The molecule has 6 nitrogen and oxygen atoms in total. The van der Waals surface area contributed by atoms with Crippen LogP contribution >= 0.6 is 0 Å². The molecule has 0 spiro atoms. The van der Waals surface area contributed by atoms with Crippen LogP contribution in [0.25, 0.3) is 0 Å². The summed E-state index contributed by atoms with van der Waals surface area (Å²) in [7, 11) is 0. The number of phenols is 1. The third-order valence-corrected chi connectivity index (χ3v) is 6.48. The van der Waals surface area contributed by atoms with Gasteiger partial charge in [-0.05, 0) is 47.7 Å². The van der Waals surface area contributed by atoms with Crippen molar-refractivity contribution in [1.82, 2.24) is 4.90 Å². The molecule has 30 heavy (non-hydrogen) atoms. The van der Waals surface area contributed by atoms with Crippen molar-refractivity contribution in [1.29, 1.82) is 0 Å². The first-order valence-electron chi connectivity index (χ1n) is 10.5. The Hall–Kier alpha value is -2.64. The highest BCUT2D eigenvalue weighted by Gasteiger charge is 2.59. The fourth-order valence-electron chi connectivity index (χ4n) is 4.86. The Morgan fingerprint density at radius 3 is 2.47 bits per heavy atom. The number of nitrogens with zero attached hydrogens (tertiary/aromatic N) is 2. The second kappa shape index (κ2) is 7.89. The van der Waals surface area contributed by atoms with E-state index in [1.807, 2.05) is 17.0 Å². The fourth-order valence-corrected chi connectivity index (χ4v) is 4.86. The smallest absolute Gasteiger partial charge is 0.228 e. The minimum atomic E-state index is -0.314. The second-order valence-electron chi connectivity index (χ2n) is 8.47. The van der Waals surface area contributed by atoms with Gasteiger partial charge in [0.15, 0.2) is 0 Å². The van der Waals surface area contributed by atoms with Gasteiger partial charge in [0.1, 0.15) is 11.6 Å². The van der Waals surface area contributed by atoms with Crippen LogP contribution in [0.2, 0.25) is 0 Å². The number of nitrogens with one attached hydrogen (secondary N) is 1. The molecule has 2 aromatic carbocycles. The highest BCUT2D eigenvalue weighted by molar-refractivity contribution is 5.95. The number of aromatic hydroxyl groups is 1. The number of hydrogen-bond acceptors (Lipinski definition) is 5. The van der Waals surface area contributed by atoms with E-state index in [2.05, 4.69) is 10.2 Å². The Bertz CT molecular complexity index is 918. The summed E-state index contributed by atoms with van der Waals surface area (Å²) in [6.45, 7) is 5.18. The molecular weight excluding hydrogens is 385 g/mol. The molecule has 2 unspecified atom stereocenters. The Morgan fingerprint density at radius 2 is 1.80 bits per heavy atom. The molecule has 0 radical (unpaired) electrons. The van der Waals surface area contributed by atoms with Gasteiger partial charge in [0.2, 0.25) is 5.91 Å². The van der Waals surface area contributed by atoms with Crippen molar-refractivity contribution in [2.75, 3.05) is 49.6 Å². The summed E-state index contributed by atoms with van der Waals surface area (Å²) in [6.07, 6.45) is 0. The van der Waals surface area contributed by atoms with E-state index < -0.39 is 0 Å². The number of halogens is 1. The number of amides is 1. The maximum atomic E-state index is 14.6. The molecule has 2 saturated heterocycles. The SMILES string of the molecule is O=C(Nc1ccc(N2CCOCC2)c(F)c1)C1C2CN(Cc3ccc(O)cc3)CC21. The summed E-state index contributed by atoms with van der Waals surface area (Å²) < 4.78 is 19.9. The van der Waals surface area contributed by atoms with Crippen molar-refractivity contribution in [3.05, 3.63) is 53.8 Å². The van der Waals surface area contributed by atoms with Gasteiger partial charge in [0.25, 0.3) is 0 Å². The Labute approximate surface area is 175 Å². The maximum absolute atomic E-state index is 14.6. The molecule has 2 aromatic rings. The number of fused-ring (bicyclic) bond motifs is 1. The highest BCUT2D eigenvalue weighted by atomic mass is 19.1. The summed E-state index contributed by atoms with van der Waals surface area (Å²) in [4.78, 5) is 17.0. The lowest BCUT2D eigenvalue weighted by Crippen LogP contribution is -2.36. The molecule has 1 amide bonds. The molecule has 2 N–H and O–H groups in total. The van der Waals surface area contributed by atoms with Gasteiger partial charge in [0.05, 0.1) is 18.9 Å². The third-order valence-electron chi connectivity index (χ3n) is 6.48. The lowest BCUT2D eigenvalue weighted by molar-refractivity contribution is -0.118. The molecule has 2 atom stereocenters. The number of phenolic OH excluding ortho intramolecular Hbond substituents is 1. The van der Waals surface area contributed by atoms with Crippen molar-refractivity contribution in [3.8, 4) is 5.75 Å². The number of benzene rings is 2. The van der Waals surface area contributed by atoms with E-state index in [1.165, 1.54) is 6.07 Å². The molecule has 0 aromatic heterocycles. The Kier molecular flexibility index (Phi) is 5.08. The topological polar surface area (TPSA) is 65.0 Å². The molecule has 2 aliphatic heterocycles. The van der Waals surface area contributed by atoms with Crippen molar-refractivity contribution in [2.45, 2.75) is 6.54 Å². The first-order chi connectivity index (χ1) is 14.6. The van der Waals surface area contributed by atoms with Crippen LogP contribution in [0, 0.1) is 23.6 Å². The zero-order valence-corrected chi connectivity index (χ0v) is 16.8. The van der Waals surface area contributed by atoms with Gasteiger partial charge >= 0.3 is 0 Å². The van der Waals surface area contributed by atoms with Gasteiger partial charge in [0, 0.05) is 44.3 Å². The number of morpholine rings is 1. The number of carbonyl (C=O) groups is 1. The number of anilines is 2. The van der Waals surface area contributed by atoms with Gasteiger partial charge < -0.3 is 20.1 Å². The number of hydrogen-bond donors (Lipinski definition) is 2. The van der Waals surface area contributed by atoms with Crippen LogP contribution in [0.15, 0.2) is 42.5 Å². The number of rotatable bonds is 5. The molecule has 7 heteroatoms. The Morgan fingerprint density at radius 1 is 1.10 bits per heavy atom. The normalized spacial score (nSPS) is 25.8. The predicted octanol–water partition coefficient (Wildman–Crippen LogP) is 2.68. The fraction of sp³-hybridized carbons (Fsp3) is 0.435. The van der Waals surface area contributed by atoms with Gasteiger partial charge in [-0.3, -0.25) is 9.69 Å². The van der Waals surface area contributed by atoms with Crippen LogP contribution in [0.3, 0.4) is 0 Å². The van der Waals surface area contributed by atoms with Crippen LogP contribution in [0.4, 0.5) is 15.8 Å². The number of piperidine rings is 1. The highest BCUT2D eigenvalue weighted by Crippen LogP contribution is 2.52. The summed E-state index contributed by atoms with van der Waals surface area (Å²) in [5.74, 6) is 0.718.